The molecular formula is C15H14FN3. The van der Waals surface area contributed by atoms with Gasteiger partial charge in [0.25, 0.3) is 0 Å². The predicted molar refractivity (Wildman–Crippen MR) is 74.6 cm³/mol. The van der Waals surface area contributed by atoms with Gasteiger partial charge in [0, 0.05) is 12.2 Å². The Morgan fingerprint density at radius 3 is 2.74 bits per heavy atom. The number of anilines is 1. The van der Waals surface area contributed by atoms with Crippen molar-refractivity contribution in [1.82, 2.24) is 9.97 Å². The van der Waals surface area contributed by atoms with Crippen molar-refractivity contribution in [2.75, 3.05) is 5.32 Å². The molecule has 3 aromatic rings. The molecule has 0 aliphatic carbocycles. The summed E-state index contributed by atoms with van der Waals surface area (Å²) in [6, 6.07) is 12.5. The van der Waals surface area contributed by atoms with E-state index >= 15 is 0 Å². The average molecular weight is 255 g/mol. The van der Waals surface area contributed by atoms with Gasteiger partial charge >= 0.3 is 0 Å². The van der Waals surface area contributed by atoms with Gasteiger partial charge in [-0.3, -0.25) is 0 Å². The molecule has 0 radical (unpaired) electrons. The fourth-order valence-electron chi connectivity index (χ4n) is 2.05. The van der Waals surface area contributed by atoms with Gasteiger partial charge in [-0.05, 0) is 42.8 Å². The highest BCUT2D eigenvalue weighted by Gasteiger charge is 2.01. The molecule has 1 heterocycles. The zero-order valence-electron chi connectivity index (χ0n) is 10.6. The number of aromatic nitrogens is 2. The molecule has 0 amide bonds. The van der Waals surface area contributed by atoms with E-state index in [-0.39, 0.29) is 5.82 Å². The molecule has 1 aromatic heterocycles. The molecule has 0 spiro atoms. The minimum atomic E-state index is -0.210. The summed E-state index contributed by atoms with van der Waals surface area (Å²) >= 11 is 0. The number of hydrogen-bond acceptors (Lipinski definition) is 2. The maximum absolute atomic E-state index is 12.8. The SMILES string of the molecule is Cc1nc2ccc(NCc3ccc(F)cc3)cc2[nH]1. The lowest BCUT2D eigenvalue weighted by Gasteiger charge is -2.06. The van der Waals surface area contributed by atoms with Crippen LogP contribution in [0.15, 0.2) is 42.5 Å². The highest BCUT2D eigenvalue weighted by molar-refractivity contribution is 5.79. The molecule has 0 aliphatic rings. The predicted octanol–water partition coefficient (Wildman–Crippen LogP) is 3.62. The Hall–Kier alpha value is -2.36. The van der Waals surface area contributed by atoms with Crippen LogP contribution in [0.4, 0.5) is 10.1 Å². The lowest BCUT2D eigenvalue weighted by Crippen LogP contribution is -1.99. The van der Waals surface area contributed by atoms with Crippen molar-refractivity contribution < 1.29 is 4.39 Å². The van der Waals surface area contributed by atoms with Gasteiger partial charge in [0.15, 0.2) is 0 Å². The number of fused-ring (bicyclic) bond motifs is 1. The molecule has 0 saturated heterocycles. The van der Waals surface area contributed by atoms with Crippen molar-refractivity contribution in [2.24, 2.45) is 0 Å². The lowest BCUT2D eigenvalue weighted by molar-refractivity contribution is 0.627. The van der Waals surface area contributed by atoms with Crippen molar-refractivity contribution in [2.45, 2.75) is 13.5 Å². The van der Waals surface area contributed by atoms with E-state index in [2.05, 4.69) is 15.3 Å². The molecule has 2 aromatic carbocycles. The lowest BCUT2D eigenvalue weighted by atomic mass is 10.2. The summed E-state index contributed by atoms with van der Waals surface area (Å²) in [7, 11) is 0. The molecule has 96 valence electrons. The number of rotatable bonds is 3. The number of aromatic amines is 1. The van der Waals surface area contributed by atoms with Crippen LogP contribution in [-0.4, -0.2) is 9.97 Å². The average Bonchev–Trinajstić information content (AvgIpc) is 2.77. The van der Waals surface area contributed by atoms with Crippen molar-refractivity contribution in [1.29, 1.82) is 0 Å². The standard InChI is InChI=1S/C15H14FN3/c1-10-18-14-7-6-13(8-15(14)19-10)17-9-11-2-4-12(16)5-3-11/h2-8,17H,9H2,1H3,(H,18,19). The van der Waals surface area contributed by atoms with Crippen LogP contribution in [0.3, 0.4) is 0 Å². The van der Waals surface area contributed by atoms with Crippen molar-refractivity contribution >= 4 is 16.7 Å². The summed E-state index contributed by atoms with van der Waals surface area (Å²) in [5.41, 5.74) is 4.04. The molecule has 0 aliphatic heterocycles. The van der Waals surface area contributed by atoms with Gasteiger partial charge < -0.3 is 10.3 Å². The van der Waals surface area contributed by atoms with Gasteiger partial charge in [0.2, 0.25) is 0 Å². The molecule has 19 heavy (non-hydrogen) atoms. The Balaban J connectivity index is 1.75. The van der Waals surface area contributed by atoms with Crippen molar-refractivity contribution in [3.05, 3.63) is 59.7 Å². The maximum Gasteiger partial charge on any atom is 0.123 e. The Bertz CT molecular complexity index is 701. The number of hydrogen-bond donors (Lipinski definition) is 2. The van der Waals surface area contributed by atoms with Crippen molar-refractivity contribution in [3.8, 4) is 0 Å². The maximum atomic E-state index is 12.8. The molecule has 0 unspecified atom stereocenters. The number of halogens is 1. The van der Waals surface area contributed by atoms with Gasteiger partial charge in [-0.25, -0.2) is 9.37 Å². The van der Waals surface area contributed by atoms with Crippen LogP contribution in [-0.2, 0) is 6.54 Å². The van der Waals surface area contributed by atoms with E-state index in [1.807, 2.05) is 25.1 Å². The van der Waals surface area contributed by atoms with Crippen LogP contribution < -0.4 is 5.32 Å². The van der Waals surface area contributed by atoms with E-state index in [4.69, 9.17) is 0 Å². The zero-order valence-corrected chi connectivity index (χ0v) is 10.6. The molecule has 0 bridgehead atoms. The number of benzene rings is 2. The van der Waals surface area contributed by atoms with E-state index in [0.29, 0.717) is 6.54 Å². The van der Waals surface area contributed by atoms with Crippen LogP contribution in [0.5, 0.6) is 0 Å². The fraction of sp³-hybridized carbons (Fsp3) is 0.133. The second-order valence-corrected chi connectivity index (χ2v) is 4.53. The molecule has 0 atom stereocenters. The van der Waals surface area contributed by atoms with Gasteiger partial charge in [0.05, 0.1) is 11.0 Å². The third-order valence-corrected chi connectivity index (χ3v) is 3.01. The van der Waals surface area contributed by atoms with Crippen LogP contribution in [0.2, 0.25) is 0 Å². The second kappa shape index (κ2) is 4.72. The van der Waals surface area contributed by atoms with E-state index in [0.717, 1.165) is 28.1 Å². The van der Waals surface area contributed by atoms with Crippen LogP contribution >= 0.6 is 0 Å². The monoisotopic (exact) mass is 255 g/mol. The summed E-state index contributed by atoms with van der Waals surface area (Å²) in [6.07, 6.45) is 0. The largest absolute Gasteiger partial charge is 0.381 e. The minimum absolute atomic E-state index is 0.210. The molecule has 4 heteroatoms. The fourth-order valence-corrected chi connectivity index (χ4v) is 2.05. The first-order valence-corrected chi connectivity index (χ1v) is 6.15. The number of nitrogens with one attached hydrogen (secondary N) is 2. The Morgan fingerprint density at radius 1 is 1.16 bits per heavy atom. The van der Waals surface area contributed by atoms with Gasteiger partial charge in [-0.15, -0.1) is 0 Å². The quantitative estimate of drug-likeness (QED) is 0.750. The first-order chi connectivity index (χ1) is 9.20. The summed E-state index contributed by atoms with van der Waals surface area (Å²) in [6.45, 7) is 2.60. The van der Waals surface area contributed by atoms with Crippen molar-refractivity contribution in [3.63, 3.8) is 0 Å². The smallest absolute Gasteiger partial charge is 0.123 e. The van der Waals surface area contributed by atoms with Gasteiger partial charge in [0.1, 0.15) is 11.6 Å². The van der Waals surface area contributed by atoms with E-state index in [9.17, 15) is 4.39 Å². The summed E-state index contributed by atoms with van der Waals surface area (Å²) in [4.78, 5) is 7.56. The highest BCUT2D eigenvalue weighted by Crippen LogP contribution is 2.17. The summed E-state index contributed by atoms with van der Waals surface area (Å²) in [5, 5.41) is 3.31. The van der Waals surface area contributed by atoms with E-state index in [1.54, 1.807) is 12.1 Å². The van der Waals surface area contributed by atoms with Gasteiger partial charge in [-0.1, -0.05) is 12.1 Å². The molecule has 0 fully saturated rings. The normalized spacial score (nSPS) is 10.8. The van der Waals surface area contributed by atoms with Crippen LogP contribution in [0, 0.1) is 12.7 Å². The second-order valence-electron chi connectivity index (χ2n) is 4.53. The van der Waals surface area contributed by atoms with E-state index in [1.165, 1.54) is 12.1 Å². The minimum Gasteiger partial charge on any atom is -0.381 e. The molecular weight excluding hydrogens is 241 g/mol. The third kappa shape index (κ3) is 2.57. The van der Waals surface area contributed by atoms with Crippen LogP contribution in [0.25, 0.3) is 11.0 Å². The third-order valence-electron chi connectivity index (χ3n) is 3.01. The first kappa shape index (κ1) is 11.7. The van der Waals surface area contributed by atoms with Gasteiger partial charge in [-0.2, -0.15) is 0 Å². The number of H-pyrrole nitrogens is 1. The molecule has 3 rings (SSSR count). The molecule has 0 saturated carbocycles. The van der Waals surface area contributed by atoms with Crippen LogP contribution in [0.1, 0.15) is 11.4 Å². The number of aryl methyl sites for hydroxylation is 1. The summed E-state index contributed by atoms with van der Waals surface area (Å²) < 4.78 is 12.8. The Kier molecular flexibility index (Phi) is 2.91. The summed E-state index contributed by atoms with van der Waals surface area (Å²) in [5.74, 6) is 0.698. The molecule has 2 N–H and O–H groups in total. The zero-order chi connectivity index (χ0) is 13.2. The Morgan fingerprint density at radius 2 is 1.95 bits per heavy atom. The Labute approximate surface area is 110 Å². The number of nitrogens with zero attached hydrogens (tertiary/aromatic N) is 1. The first-order valence-electron chi connectivity index (χ1n) is 6.15. The topological polar surface area (TPSA) is 40.7 Å². The number of imidazole rings is 1. The highest BCUT2D eigenvalue weighted by atomic mass is 19.1. The van der Waals surface area contributed by atoms with E-state index < -0.39 is 0 Å². The molecule has 3 nitrogen and oxygen atoms in total.